The van der Waals surface area contributed by atoms with Crippen molar-refractivity contribution in [3.05, 3.63) is 46.3 Å². The number of amides is 1. The molecule has 0 saturated carbocycles. The molecule has 4 heteroatoms. The summed E-state index contributed by atoms with van der Waals surface area (Å²) in [4.78, 5) is 20.8. The molecule has 1 N–H and O–H groups in total. The number of hydrogen-bond acceptors (Lipinski definition) is 2. The number of fused-ring (bicyclic) bond motifs is 1. The number of H-pyrrole nitrogens is 1. The molecule has 0 spiro atoms. The zero-order valence-electron chi connectivity index (χ0n) is 16.0. The van der Waals surface area contributed by atoms with Crippen LogP contribution in [0.1, 0.15) is 42.7 Å². The number of thiophene rings is 1. The molecule has 1 aliphatic rings. The third-order valence-electron chi connectivity index (χ3n) is 5.39. The third kappa shape index (κ3) is 2.96. The fourth-order valence-corrected chi connectivity index (χ4v) is 5.08. The molecule has 136 valence electrons. The first-order chi connectivity index (χ1) is 12.3. The van der Waals surface area contributed by atoms with Crippen molar-refractivity contribution in [3.63, 3.8) is 0 Å². The van der Waals surface area contributed by atoms with Crippen LogP contribution in [0.3, 0.4) is 0 Å². The molecule has 0 radical (unpaired) electrons. The van der Waals surface area contributed by atoms with Gasteiger partial charge in [0.25, 0.3) is 0 Å². The highest BCUT2D eigenvalue weighted by molar-refractivity contribution is 7.19. The molecule has 3 heterocycles. The monoisotopic (exact) mass is 366 g/mol. The predicted octanol–water partition coefficient (Wildman–Crippen LogP) is 5.41. The van der Waals surface area contributed by atoms with Crippen molar-refractivity contribution in [2.24, 2.45) is 0 Å². The van der Waals surface area contributed by atoms with Gasteiger partial charge in [0.15, 0.2) is 0 Å². The molecule has 2 aromatic heterocycles. The second-order valence-corrected chi connectivity index (χ2v) is 9.13. The lowest BCUT2D eigenvalue weighted by atomic mass is 9.89. The van der Waals surface area contributed by atoms with Gasteiger partial charge in [-0.3, -0.25) is 4.79 Å². The van der Waals surface area contributed by atoms with Gasteiger partial charge in [0, 0.05) is 29.0 Å². The quantitative estimate of drug-likeness (QED) is 0.661. The molecule has 0 atom stereocenters. The van der Waals surface area contributed by atoms with Crippen molar-refractivity contribution in [2.75, 3.05) is 13.1 Å². The molecule has 4 rings (SSSR count). The van der Waals surface area contributed by atoms with Crippen LogP contribution in [0.5, 0.6) is 0 Å². The molecule has 3 nitrogen and oxygen atoms in total. The number of aromatic amines is 1. The summed E-state index contributed by atoms with van der Waals surface area (Å²) in [5.74, 6) is 0.258. The summed E-state index contributed by atoms with van der Waals surface area (Å²) in [5.41, 5.74) is 4.45. The van der Waals surface area contributed by atoms with E-state index in [1.54, 1.807) is 11.3 Å². The van der Waals surface area contributed by atoms with Crippen molar-refractivity contribution in [1.29, 1.82) is 0 Å². The standard InChI is InChI=1S/C22H26N2OS/c1-14-9-15(2)11-16(10-14)18-12-17-13-19(26-20(17)23-18)22(3,4)21(25)24-7-5-6-8-24/h9-13,23H,5-8H2,1-4H3. The number of aryl methyl sites for hydroxylation is 2. The summed E-state index contributed by atoms with van der Waals surface area (Å²) >= 11 is 1.71. The molecule has 26 heavy (non-hydrogen) atoms. The van der Waals surface area contributed by atoms with Crippen LogP contribution in [0.15, 0.2) is 30.3 Å². The van der Waals surface area contributed by atoms with Crippen LogP contribution >= 0.6 is 11.3 Å². The van der Waals surface area contributed by atoms with Gasteiger partial charge < -0.3 is 9.88 Å². The Labute approximate surface area is 159 Å². The topological polar surface area (TPSA) is 36.1 Å². The second kappa shape index (κ2) is 6.27. The normalized spacial score (nSPS) is 15.2. The van der Waals surface area contributed by atoms with E-state index in [9.17, 15) is 4.79 Å². The molecule has 3 aromatic rings. The van der Waals surface area contributed by atoms with E-state index < -0.39 is 5.41 Å². The van der Waals surface area contributed by atoms with Crippen LogP contribution in [0, 0.1) is 13.8 Å². The van der Waals surface area contributed by atoms with Gasteiger partial charge in [-0.15, -0.1) is 11.3 Å². The van der Waals surface area contributed by atoms with E-state index in [-0.39, 0.29) is 5.91 Å². The van der Waals surface area contributed by atoms with Gasteiger partial charge in [-0.1, -0.05) is 17.2 Å². The minimum absolute atomic E-state index is 0.258. The Hall–Kier alpha value is -2.07. The number of nitrogens with one attached hydrogen (secondary N) is 1. The fraction of sp³-hybridized carbons (Fsp3) is 0.409. The van der Waals surface area contributed by atoms with Crippen molar-refractivity contribution in [3.8, 4) is 11.3 Å². The maximum Gasteiger partial charge on any atom is 0.233 e. The molecule has 1 saturated heterocycles. The number of nitrogens with zero attached hydrogens (tertiary/aromatic N) is 1. The molecular formula is C22H26N2OS. The molecule has 0 bridgehead atoms. The first kappa shape index (κ1) is 17.3. The summed E-state index contributed by atoms with van der Waals surface area (Å²) in [6, 6.07) is 11.0. The Morgan fingerprint density at radius 2 is 1.69 bits per heavy atom. The SMILES string of the molecule is Cc1cc(C)cc(-c2cc3cc(C(C)(C)C(=O)N4CCCC4)sc3[nH]2)c1. The Bertz CT molecular complexity index is 922. The largest absolute Gasteiger partial charge is 0.346 e. The molecule has 0 unspecified atom stereocenters. The number of hydrogen-bond donors (Lipinski definition) is 1. The number of carbonyl (C=O) groups excluding carboxylic acids is 1. The van der Waals surface area contributed by atoms with E-state index in [1.807, 2.05) is 4.90 Å². The maximum absolute atomic E-state index is 13.0. The lowest BCUT2D eigenvalue weighted by molar-refractivity contribution is -0.135. The van der Waals surface area contributed by atoms with Crippen molar-refractivity contribution in [2.45, 2.75) is 46.0 Å². The minimum atomic E-state index is -0.463. The van der Waals surface area contributed by atoms with Crippen LogP contribution < -0.4 is 0 Å². The highest BCUT2D eigenvalue weighted by Gasteiger charge is 2.36. The van der Waals surface area contributed by atoms with Crippen molar-refractivity contribution in [1.82, 2.24) is 9.88 Å². The Morgan fingerprint density at radius 1 is 1.04 bits per heavy atom. The highest BCUT2D eigenvalue weighted by atomic mass is 32.1. The minimum Gasteiger partial charge on any atom is -0.346 e. The highest BCUT2D eigenvalue weighted by Crippen LogP contribution is 2.38. The lowest BCUT2D eigenvalue weighted by Crippen LogP contribution is -2.41. The van der Waals surface area contributed by atoms with Gasteiger partial charge >= 0.3 is 0 Å². The average Bonchev–Trinajstić information content (AvgIpc) is 3.28. The van der Waals surface area contributed by atoms with E-state index >= 15 is 0 Å². The van der Waals surface area contributed by atoms with Crippen LogP contribution in [0.4, 0.5) is 0 Å². The Morgan fingerprint density at radius 3 is 2.31 bits per heavy atom. The molecule has 1 fully saturated rings. The Balaban J connectivity index is 1.66. The summed E-state index contributed by atoms with van der Waals surface area (Å²) in [6.07, 6.45) is 2.26. The van der Waals surface area contributed by atoms with E-state index in [0.29, 0.717) is 0 Å². The summed E-state index contributed by atoms with van der Waals surface area (Å²) in [7, 11) is 0. The zero-order valence-corrected chi connectivity index (χ0v) is 16.8. The molecule has 1 aliphatic heterocycles. The van der Waals surface area contributed by atoms with Gasteiger partial charge in [-0.05, 0) is 70.4 Å². The fourth-order valence-electron chi connectivity index (χ4n) is 3.94. The van der Waals surface area contributed by atoms with Crippen molar-refractivity contribution >= 4 is 27.5 Å². The maximum atomic E-state index is 13.0. The van der Waals surface area contributed by atoms with Gasteiger partial charge in [0.05, 0.1) is 5.41 Å². The number of benzene rings is 1. The molecular weight excluding hydrogens is 340 g/mol. The third-order valence-corrected chi connectivity index (χ3v) is 6.78. The van der Waals surface area contributed by atoms with E-state index in [2.05, 4.69) is 63.0 Å². The number of carbonyl (C=O) groups is 1. The van der Waals surface area contributed by atoms with Crippen LogP contribution in [0.25, 0.3) is 21.5 Å². The van der Waals surface area contributed by atoms with Crippen LogP contribution in [0.2, 0.25) is 0 Å². The predicted molar refractivity (Wildman–Crippen MR) is 110 cm³/mol. The van der Waals surface area contributed by atoms with E-state index in [0.717, 1.165) is 41.3 Å². The second-order valence-electron chi connectivity index (χ2n) is 8.08. The van der Waals surface area contributed by atoms with E-state index in [4.69, 9.17) is 0 Å². The van der Waals surface area contributed by atoms with Crippen LogP contribution in [-0.2, 0) is 10.2 Å². The summed E-state index contributed by atoms with van der Waals surface area (Å²) in [6.45, 7) is 10.2. The molecule has 1 amide bonds. The lowest BCUT2D eigenvalue weighted by Gasteiger charge is -2.28. The van der Waals surface area contributed by atoms with Crippen molar-refractivity contribution < 1.29 is 4.79 Å². The first-order valence-electron chi connectivity index (χ1n) is 9.36. The smallest absolute Gasteiger partial charge is 0.233 e. The molecule has 0 aliphatic carbocycles. The number of rotatable bonds is 3. The van der Waals surface area contributed by atoms with E-state index in [1.165, 1.54) is 22.1 Å². The van der Waals surface area contributed by atoms with Gasteiger partial charge in [-0.2, -0.15) is 0 Å². The van der Waals surface area contributed by atoms with Gasteiger partial charge in [0.2, 0.25) is 5.91 Å². The van der Waals surface area contributed by atoms with Gasteiger partial charge in [-0.25, -0.2) is 0 Å². The number of likely N-dealkylation sites (tertiary alicyclic amines) is 1. The van der Waals surface area contributed by atoms with Crippen LogP contribution in [-0.4, -0.2) is 28.9 Å². The first-order valence-corrected chi connectivity index (χ1v) is 10.2. The Kier molecular flexibility index (Phi) is 4.19. The zero-order chi connectivity index (χ0) is 18.5. The number of aromatic nitrogens is 1. The average molecular weight is 367 g/mol. The summed E-state index contributed by atoms with van der Waals surface area (Å²) < 4.78 is 0. The molecule has 1 aromatic carbocycles. The summed E-state index contributed by atoms with van der Waals surface area (Å²) in [5, 5.41) is 1.20. The van der Waals surface area contributed by atoms with Gasteiger partial charge in [0.1, 0.15) is 4.83 Å².